The van der Waals surface area contributed by atoms with Crippen LogP contribution in [-0.4, -0.2) is 56.8 Å². The summed E-state index contributed by atoms with van der Waals surface area (Å²) in [7, 11) is 0. The molecule has 3 nitrogen and oxygen atoms in total. The summed E-state index contributed by atoms with van der Waals surface area (Å²) in [5, 5.41) is 3.27. The lowest BCUT2D eigenvalue weighted by Crippen LogP contribution is -2.50. The Labute approximate surface area is 83.4 Å². The summed E-state index contributed by atoms with van der Waals surface area (Å²) in [5.74, 6) is 0. The SMILES string of the molecule is C[C@@H]1CNCCN1CCOCC(F)F. The Kier molecular flexibility index (Phi) is 5.29. The molecular weight excluding hydrogens is 190 g/mol. The average Bonchev–Trinajstić information content (AvgIpc) is 2.15. The van der Waals surface area contributed by atoms with Crippen molar-refractivity contribution in [3.63, 3.8) is 0 Å². The Balaban J connectivity index is 2.04. The number of piperazine rings is 1. The minimum absolute atomic E-state index is 0.397. The van der Waals surface area contributed by atoms with Gasteiger partial charge in [0.1, 0.15) is 6.61 Å². The number of nitrogens with zero attached hydrogens (tertiary/aromatic N) is 1. The van der Waals surface area contributed by atoms with Crippen molar-refractivity contribution >= 4 is 0 Å². The van der Waals surface area contributed by atoms with E-state index in [0.717, 1.165) is 26.2 Å². The second-order valence-electron chi connectivity index (χ2n) is 3.56. The smallest absolute Gasteiger partial charge is 0.261 e. The molecule has 0 spiro atoms. The van der Waals surface area contributed by atoms with Gasteiger partial charge < -0.3 is 10.1 Å². The summed E-state index contributed by atoms with van der Waals surface area (Å²) in [5.41, 5.74) is 0. The molecule has 14 heavy (non-hydrogen) atoms. The number of nitrogens with one attached hydrogen (secondary N) is 1. The van der Waals surface area contributed by atoms with Crippen LogP contribution in [0.4, 0.5) is 8.78 Å². The summed E-state index contributed by atoms with van der Waals surface area (Å²) < 4.78 is 28.3. The first-order valence-electron chi connectivity index (χ1n) is 5.01. The molecule has 1 heterocycles. The minimum atomic E-state index is -2.35. The van der Waals surface area contributed by atoms with E-state index in [1.807, 2.05) is 0 Å². The van der Waals surface area contributed by atoms with Crippen molar-refractivity contribution in [2.75, 3.05) is 39.4 Å². The molecular formula is C9H18F2N2O. The highest BCUT2D eigenvalue weighted by atomic mass is 19.3. The van der Waals surface area contributed by atoms with Crippen molar-refractivity contribution in [3.05, 3.63) is 0 Å². The molecule has 1 rings (SSSR count). The first kappa shape index (κ1) is 11.8. The van der Waals surface area contributed by atoms with Crippen LogP contribution in [0.25, 0.3) is 0 Å². The lowest BCUT2D eigenvalue weighted by atomic mass is 10.2. The Morgan fingerprint density at radius 3 is 3.00 bits per heavy atom. The van der Waals surface area contributed by atoms with E-state index in [0.29, 0.717) is 12.6 Å². The van der Waals surface area contributed by atoms with E-state index in [1.165, 1.54) is 0 Å². The van der Waals surface area contributed by atoms with E-state index < -0.39 is 13.0 Å². The van der Waals surface area contributed by atoms with E-state index in [4.69, 9.17) is 4.74 Å². The zero-order valence-electron chi connectivity index (χ0n) is 8.51. The molecule has 1 N–H and O–H groups in total. The van der Waals surface area contributed by atoms with Gasteiger partial charge in [-0.3, -0.25) is 4.90 Å². The van der Waals surface area contributed by atoms with Gasteiger partial charge in [-0.1, -0.05) is 0 Å². The van der Waals surface area contributed by atoms with Crippen LogP contribution in [0.1, 0.15) is 6.92 Å². The minimum Gasteiger partial charge on any atom is -0.374 e. The second-order valence-corrected chi connectivity index (χ2v) is 3.56. The molecule has 0 radical (unpaired) electrons. The van der Waals surface area contributed by atoms with Gasteiger partial charge in [-0.25, -0.2) is 8.78 Å². The molecule has 0 aliphatic carbocycles. The third-order valence-electron chi connectivity index (χ3n) is 2.41. The van der Waals surface area contributed by atoms with Crippen molar-refractivity contribution in [1.82, 2.24) is 10.2 Å². The van der Waals surface area contributed by atoms with E-state index >= 15 is 0 Å². The maximum absolute atomic E-state index is 11.7. The standard InChI is InChI=1S/C9H18F2N2O/c1-8-6-12-2-3-13(8)4-5-14-7-9(10)11/h8-9,12H,2-7H2,1H3/t8-/m1/s1. The third-order valence-corrected chi connectivity index (χ3v) is 2.41. The molecule has 0 aromatic heterocycles. The summed E-state index contributed by atoms with van der Waals surface area (Å²) in [4.78, 5) is 2.25. The Morgan fingerprint density at radius 1 is 1.57 bits per heavy atom. The fourth-order valence-electron chi connectivity index (χ4n) is 1.57. The molecule has 0 saturated carbocycles. The number of hydrogen-bond donors (Lipinski definition) is 1. The van der Waals surface area contributed by atoms with Crippen LogP contribution in [0.3, 0.4) is 0 Å². The highest BCUT2D eigenvalue weighted by Crippen LogP contribution is 2.01. The van der Waals surface area contributed by atoms with Crippen LogP contribution in [0.5, 0.6) is 0 Å². The predicted molar refractivity (Wildman–Crippen MR) is 50.7 cm³/mol. The van der Waals surface area contributed by atoms with Gasteiger partial charge in [0.05, 0.1) is 6.61 Å². The fourth-order valence-corrected chi connectivity index (χ4v) is 1.57. The Morgan fingerprint density at radius 2 is 2.36 bits per heavy atom. The largest absolute Gasteiger partial charge is 0.374 e. The first-order valence-corrected chi connectivity index (χ1v) is 5.01. The van der Waals surface area contributed by atoms with Crippen LogP contribution in [-0.2, 0) is 4.74 Å². The Bertz CT molecular complexity index is 158. The second kappa shape index (κ2) is 6.27. The number of rotatable bonds is 5. The van der Waals surface area contributed by atoms with Crippen molar-refractivity contribution in [3.8, 4) is 0 Å². The van der Waals surface area contributed by atoms with Gasteiger partial charge >= 0.3 is 0 Å². The summed E-state index contributed by atoms with van der Waals surface area (Å²) in [6.45, 7) is 5.73. The van der Waals surface area contributed by atoms with Crippen LogP contribution in [0.15, 0.2) is 0 Å². The maximum Gasteiger partial charge on any atom is 0.261 e. The van der Waals surface area contributed by atoms with E-state index in [-0.39, 0.29) is 0 Å². The molecule has 1 aliphatic heterocycles. The third kappa shape index (κ3) is 4.30. The Hall–Kier alpha value is -0.260. The molecule has 0 aromatic carbocycles. The van der Waals surface area contributed by atoms with Crippen LogP contribution in [0, 0.1) is 0 Å². The lowest BCUT2D eigenvalue weighted by molar-refractivity contribution is 0.00487. The molecule has 0 unspecified atom stereocenters. The van der Waals surface area contributed by atoms with Gasteiger partial charge in [-0.15, -0.1) is 0 Å². The van der Waals surface area contributed by atoms with Crippen molar-refractivity contribution in [2.24, 2.45) is 0 Å². The van der Waals surface area contributed by atoms with Gasteiger partial charge in [0.15, 0.2) is 0 Å². The van der Waals surface area contributed by atoms with Gasteiger partial charge in [0.2, 0.25) is 0 Å². The van der Waals surface area contributed by atoms with E-state index in [9.17, 15) is 8.78 Å². The molecule has 0 aromatic rings. The highest BCUT2D eigenvalue weighted by molar-refractivity contribution is 4.75. The summed E-state index contributed by atoms with van der Waals surface area (Å²) >= 11 is 0. The fraction of sp³-hybridized carbons (Fsp3) is 1.00. The van der Waals surface area contributed by atoms with Crippen molar-refractivity contribution in [1.29, 1.82) is 0 Å². The summed E-state index contributed by atoms with van der Waals surface area (Å²) in [6, 6.07) is 0.471. The van der Waals surface area contributed by atoms with Crippen LogP contribution < -0.4 is 5.32 Å². The van der Waals surface area contributed by atoms with E-state index in [2.05, 4.69) is 17.1 Å². The maximum atomic E-state index is 11.7. The zero-order valence-corrected chi connectivity index (χ0v) is 8.51. The first-order chi connectivity index (χ1) is 6.70. The van der Waals surface area contributed by atoms with Crippen molar-refractivity contribution in [2.45, 2.75) is 19.4 Å². The lowest BCUT2D eigenvalue weighted by Gasteiger charge is -2.33. The molecule has 1 atom stereocenters. The molecule has 0 bridgehead atoms. The normalized spacial score (nSPS) is 24.4. The predicted octanol–water partition coefficient (Wildman–Crippen LogP) is 0.562. The average molecular weight is 208 g/mol. The summed E-state index contributed by atoms with van der Waals surface area (Å²) in [6.07, 6.45) is -2.35. The molecule has 0 amide bonds. The van der Waals surface area contributed by atoms with Gasteiger partial charge in [-0.2, -0.15) is 0 Å². The number of halogens is 2. The van der Waals surface area contributed by atoms with Crippen LogP contribution in [0.2, 0.25) is 0 Å². The van der Waals surface area contributed by atoms with E-state index in [1.54, 1.807) is 0 Å². The topological polar surface area (TPSA) is 24.5 Å². The van der Waals surface area contributed by atoms with Crippen molar-refractivity contribution < 1.29 is 13.5 Å². The number of ether oxygens (including phenoxy) is 1. The highest BCUT2D eigenvalue weighted by Gasteiger charge is 2.16. The molecule has 84 valence electrons. The number of hydrogen-bond acceptors (Lipinski definition) is 3. The molecule has 1 saturated heterocycles. The zero-order chi connectivity index (χ0) is 10.4. The molecule has 1 aliphatic rings. The number of alkyl halides is 2. The quantitative estimate of drug-likeness (QED) is 0.668. The van der Waals surface area contributed by atoms with Gasteiger partial charge in [-0.05, 0) is 6.92 Å². The molecule has 5 heteroatoms. The van der Waals surface area contributed by atoms with Gasteiger partial charge in [0, 0.05) is 32.2 Å². The molecule has 1 fully saturated rings. The monoisotopic (exact) mass is 208 g/mol. The van der Waals surface area contributed by atoms with Crippen LogP contribution >= 0.6 is 0 Å². The van der Waals surface area contributed by atoms with Gasteiger partial charge in [0.25, 0.3) is 6.43 Å².